The highest BCUT2D eigenvalue weighted by Gasteiger charge is 2.42. The minimum atomic E-state index is 0.215. The monoisotopic (exact) mass is 290 g/mol. The van der Waals surface area contributed by atoms with Crippen LogP contribution in [0, 0.1) is 5.92 Å². The van der Waals surface area contributed by atoms with Gasteiger partial charge in [-0.15, -0.1) is 0 Å². The topological polar surface area (TPSA) is 35.5 Å². The van der Waals surface area contributed by atoms with Crippen molar-refractivity contribution in [1.29, 1.82) is 0 Å². The third-order valence-corrected chi connectivity index (χ3v) is 5.38. The lowest BCUT2D eigenvalue weighted by molar-refractivity contribution is 0.0461. The minimum Gasteiger partial charge on any atom is -0.508 e. The standard InChI is InChI=1S/C18H30N2O/c1-14-8-10-18(11-9-14,20(3)4)17(19-2)13-15-6-5-7-16(21)12-15/h5-7,12,14,17,19,21H,8-11,13H2,1-4H3. The van der Waals surface area contributed by atoms with Gasteiger partial charge in [-0.25, -0.2) is 0 Å². The molecule has 1 atom stereocenters. The Morgan fingerprint density at radius 3 is 2.52 bits per heavy atom. The molecule has 2 rings (SSSR count). The lowest BCUT2D eigenvalue weighted by Gasteiger charge is -2.50. The molecular weight excluding hydrogens is 260 g/mol. The van der Waals surface area contributed by atoms with Gasteiger partial charge in [0.05, 0.1) is 0 Å². The predicted octanol–water partition coefficient (Wildman–Crippen LogP) is 3.03. The van der Waals surface area contributed by atoms with Gasteiger partial charge in [0.25, 0.3) is 0 Å². The van der Waals surface area contributed by atoms with E-state index in [0.717, 1.165) is 12.3 Å². The number of hydrogen-bond acceptors (Lipinski definition) is 3. The van der Waals surface area contributed by atoms with Gasteiger partial charge in [-0.3, -0.25) is 0 Å². The largest absolute Gasteiger partial charge is 0.508 e. The van der Waals surface area contributed by atoms with Crippen molar-refractivity contribution in [3.63, 3.8) is 0 Å². The second-order valence-electron chi connectivity index (χ2n) is 6.90. The second-order valence-corrected chi connectivity index (χ2v) is 6.90. The van der Waals surface area contributed by atoms with Gasteiger partial charge in [-0.05, 0) is 76.9 Å². The molecule has 0 spiro atoms. The van der Waals surface area contributed by atoms with Crippen LogP contribution in [0.4, 0.5) is 0 Å². The Balaban J connectivity index is 2.20. The molecule has 0 amide bonds. The zero-order valence-electron chi connectivity index (χ0n) is 13.9. The van der Waals surface area contributed by atoms with Crippen molar-refractivity contribution < 1.29 is 5.11 Å². The lowest BCUT2D eigenvalue weighted by atomic mass is 9.70. The average molecular weight is 290 g/mol. The minimum absolute atomic E-state index is 0.215. The number of aromatic hydroxyl groups is 1. The molecular formula is C18H30N2O. The van der Waals surface area contributed by atoms with Crippen LogP contribution < -0.4 is 5.32 Å². The molecule has 21 heavy (non-hydrogen) atoms. The molecule has 1 aromatic rings. The van der Waals surface area contributed by atoms with Crippen molar-refractivity contribution in [3.05, 3.63) is 29.8 Å². The number of phenols is 1. The number of benzene rings is 1. The summed E-state index contributed by atoms with van der Waals surface area (Å²) in [5, 5.41) is 13.2. The molecule has 0 saturated heterocycles. The van der Waals surface area contributed by atoms with E-state index in [9.17, 15) is 5.11 Å². The van der Waals surface area contributed by atoms with Crippen molar-refractivity contribution in [2.75, 3.05) is 21.1 Å². The molecule has 1 fully saturated rings. The Morgan fingerprint density at radius 2 is 2.00 bits per heavy atom. The van der Waals surface area contributed by atoms with Crippen molar-refractivity contribution in [3.8, 4) is 5.75 Å². The van der Waals surface area contributed by atoms with E-state index in [4.69, 9.17) is 0 Å². The van der Waals surface area contributed by atoms with Gasteiger partial charge < -0.3 is 15.3 Å². The van der Waals surface area contributed by atoms with Gasteiger partial charge >= 0.3 is 0 Å². The number of hydrogen-bond donors (Lipinski definition) is 2. The summed E-state index contributed by atoms with van der Waals surface area (Å²) in [6.45, 7) is 2.36. The summed E-state index contributed by atoms with van der Waals surface area (Å²) in [6, 6.07) is 8.07. The van der Waals surface area contributed by atoms with Crippen LogP contribution in [-0.4, -0.2) is 42.7 Å². The molecule has 0 aliphatic heterocycles. The van der Waals surface area contributed by atoms with E-state index in [2.05, 4.69) is 44.3 Å². The van der Waals surface area contributed by atoms with Gasteiger partial charge in [-0.2, -0.15) is 0 Å². The summed E-state index contributed by atoms with van der Waals surface area (Å²) in [7, 11) is 6.49. The van der Waals surface area contributed by atoms with E-state index in [0.29, 0.717) is 11.8 Å². The fraction of sp³-hybridized carbons (Fsp3) is 0.667. The van der Waals surface area contributed by atoms with Crippen LogP contribution in [0.1, 0.15) is 38.2 Å². The van der Waals surface area contributed by atoms with Crippen LogP contribution in [0.5, 0.6) is 5.75 Å². The average Bonchev–Trinajstić information content (AvgIpc) is 2.46. The summed E-state index contributed by atoms with van der Waals surface area (Å²) in [6.07, 6.45) is 6.04. The number of likely N-dealkylation sites (N-methyl/N-ethyl adjacent to an activating group) is 2. The van der Waals surface area contributed by atoms with E-state index in [1.165, 1.54) is 31.2 Å². The predicted molar refractivity (Wildman–Crippen MR) is 88.7 cm³/mol. The fourth-order valence-corrected chi connectivity index (χ4v) is 3.85. The molecule has 0 aromatic heterocycles. The molecule has 1 aliphatic carbocycles. The molecule has 1 saturated carbocycles. The number of phenolic OH excluding ortho intramolecular Hbond substituents is 1. The maximum Gasteiger partial charge on any atom is 0.115 e. The Hall–Kier alpha value is -1.06. The van der Waals surface area contributed by atoms with E-state index in [1.807, 2.05) is 12.1 Å². The van der Waals surface area contributed by atoms with E-state index < -0.39 is 0 Å². The first-order valence-electron chi connectivity index (χ1n) is 8.10. The summed E-state index contributed by atoms with van der Waals surface area (Å²) in [5.41, 5.74) is 1.42. The maximum atomic E-state index is 9.69. The number of rotatable bonds is 5. The lowest BCUT2D eigenvalue weighted by Crippen LogP contribution is -2.60. The fourth-order valence-electron chi connectivity index (χ4n) is 3.85. The molecule has 0 radical (unpaired) electrons. The van der Waals surface area contributed by atoms with Crippen LogP contribution in [-0.2, 0) is 6.42 Å². The summed E-state index contributed by atoms with van der Waals surface area (Å²) in [5.74, 6) is 1.20. The van der Waals surface area contributed by atoms with Gasteiger partial charge in [0, 0.05) is 11.6 Å². The van der Waals surface area contributed by atoms with Gasteiger partial charge in [0.15, 0.2) is 0 Å². The highest BCUT2D eigenvalue weighted by atomic mass is 16.3. The third-order valence-electron chi connectivity index (χ3n) is 5.38. The van der Waals surface area contributed by atoms with E-state index in [-0.39, 0.29) is 5.54 Å². The zero-order chi connectivity index (χ0) is 15.5. The van der Waals surface area contributed by atoms with E-state index in [1.54, 1.807) is 6.07 Å². The highest BCUT2D eigenvalue weighted by molar-refractivity contribution is 5.28. The van der Waals surface area contributed by atoms with Crippen LogP contribution in [0.15, 0.2) is 24.3 Å². The Kier molecular flexibility index (Phi) is 5.28. The van der Waals surface area contributed by atoms with Gasteiger partial charge in [0.2, 0.25) is 0 Å². The van der Waals surface area contributed by atoms with Crippen molar-refractivity contribution >= 4 is 0 Å². The Morgan fingerprint density at radius 1 is 1.33 bits per heavy atom. The molecule has 3 heteroatoms. The Bertz CT molecular complexity index is 450. The number of nitrogens with one attached hydrogen (secondary N) is 1. The maximum absolute atomic E-state index is 9.69. The summed E-state index contributed by atoms with van der Waals surface area (Å²) >= 11 is 0. The molecule has 2 N–H and O–H groups in total. The molecule has 0 bridgehead atoms. The molecule has 1 aliphatic rings. The van der Waals surface area contributed by atoms with Crippen molar-refractivity contribution in [2.45, 2.75) is 50.6 Å². The van der Waals surface area contributed by atoms with Gasteiger partial charge in [0.1, 0.15) is 5.75 Å². The molecule has 1 aromatic carbocycles. The van der Waals surface area contributed by atoms with Crippen LogP contribution in [0.25, 0.3) is 0 Å². The zero-order valence-corrected chi connectivity index (χ0v) is 13.9. The number of nitrogens with zero attached hydrogens (tertiary/aromatic N) is 1. The van der Waals surface area contributed by atoms with E-state index >= 15 is 0 Å². The third kappa shape index (κ3) is 3.58. The normalized spacial score (nSPS) is 27.8. The Labute approximate surface area is 129 Å². The SMILES string of the molecule is CNC(Cc1cccc(O)c1)C1(N(C)C)CCC(C)CC1. The quantitative estimate of drug-likeness (QED) is 0.875. The van der Waals surface area contributed by atoms with Crippen molar-refractivity contribution in [2.24, 2.45) is 5.92 Å². The first-order valence-corrected chi connectivity index (χ1v) is 8.10. The van der Waals surface area contributed by atoms with Gasteiger partial charge in [-0.1, -0.05) is 19.1 Å². The summed E-state index contributed by atoms with van der Waals surface area (Å²) in [4.78, 5) is 2.42. The molecule has 118 valence electrons. The first kappa shape index (κ1) is 16.3. The van der Waals surface area contributed by atoms with Crippen molar-refractivity contribution in [1.82, 2.24) is 10.2 Å². The summed E-state index contributed by atoms with van der Waals surface area (Å²) < 4.78 is 0. The van der Waals surface area contributed by atoms with Crippen LogP contribution in [0.3, 0.4) is 0 Å². The second kappa shape index (κ2) is 6.80. The molecule has 0 heterocycles. The smallest absolute Gasteiger partial charge is 0.115 e. The molecule has 1 unspecified atom stereocenters. The highest BCUT2D eigenvalue weighted by Crippen LogP contribution is 2.38. The van der Waals surface area contributed by atoms with Crippen LogP contribution >= 0.6 is 0 Å². The first-order chi connectivity index (χ1) is 9.98. The molecule has 3 nitrogen and oxygen atoms in total. The van der Waals surface area contributed by atoms with Crippen LogP contribution in [0.2, 0.25) is 0 Å².